The van der Waals surface area contributed by atoms with Gasteiger partial charge in [-0.15, -0.1) is 0 Å². The largest absolute Gasteiger partial charge is 0.456 e. The number of esters is 2. The molecule has 6 aromatic rings. The van der Waals surface area contributed by atoms with E-state index in [1.54, 1.807) is 0 Å². The number of ether oxygens (including phenoxy) is 2. The molecule has 2 aromatic carbocycles. The molecule has 286 valence electrons. The van der Waals surface area contributed by atoms with E-state index in [0.29, 0.717) is 41.8 Å². The van der Waals surface area contributed by atoms with Crippen LogP contribution >= 0.6 is 0 Å². The molecule has 4 heterocycles. The van der Waals surface area contributed by atoms with Gasteiger partial charge < -0.3 is 19.0 Å². The molecule has 2 aliphatic rings. The smallest absolute Gasteiger partial charge is 0.340 e. The number of hydrogen-bond donors (Lipinski definition) is 1. The van der Waals surface area contributed by atoms with Crippen LogP contribution in [0, 0.1) is 0 Å². The highest BCUT2D eigenvalue weighted by Crippen LogP contribution is 2.41. The molecule has 0 amide bonds. The minimum absolute atomic E-state index is 0.283. The second-order valence-corrected chi connectivity index (χ2v) is 17.5. The highest BCUT2D eigenvalue weighted by molar-refractivity contribution is 5.93. The van der Waals surface area contributed by atoms with Crippen LogP contribution in [0.5, 0.6) is 0 Å². The summed E-state index contributed by atoms with van der Waals surface area (Å²) in [6, 6.07) is 21.2. The van der Waals surface area contributed by atoms with E-state index < -0.39 is 11.2 Å². The van der Waals surface area contributed by atoms with E-state index >= 15 is 0 Å². The van der Waals surface area contributed by atoms with Crippen LogP contribution in [-0.4, -0.2) is 42.7 Å². The number of nitrogens with zero attached hydrogens (tertiary/aromatic N) is 3. The van der Waals surface area contributed by atoms with Crippen molar-refractivity contribution in [3.63, 3.8) is 0 Å². The quantitative estimate of drug-likeness (QED) is 0.148. The molecule has 0 aliphatic heterocycles. The molecule has 8 nitrogen and oxygen atoms in total. The number of hydrogen-bond acceptors (Lipinski definition) is 6. The van der Waals surface area contributed by atoms with E-state index in [4.69, 9.17) is 14.5 Å². The molecule has 8 rings (SSSR count). The molecule has 2 saturated carbocycles. The summed E-state index contributed by atoms with van der Waals surface area (Å²) in [5.41, 5.74) is 8.64. The third-order valence-electron chi connectivity index (χ3n) is 10.1. The van der Waals surface area contributed by atoms with Gasteiger partial charge >= 0.3 is 11.9 Å². The average molecular weight is 739 g/mol. The van der Waals surface area contributed by atoms with Gasteiger partial charge in [-0.2, -0.15) is 0 Å². The molecule has 0 radical (unpaired) electrons. The second kappa shape index (κ2) is 15.1. The van der Waals surface area contributed by atoms with Crippen LogP contribution in [0.15, 0.2) is 85.5 Å². The maximum Gasteiger partial charge on any atom is 0.340 e. The molecule has 0 saturated heterocycles. The van der Waals surface area contributed by atoms with Crippen LogP contribution in [0.1, 0.15) is 153 Å². The molecule has 8 heteroatoms. The third kappa shape index (κ3) is 9.18. The average Bonchev–Trinajstić information content (AvgIpc) is 4.05. The fraction of sp³-hybridized carbons (Fsp3) is 0.404. The maximum atomic E-state index is 13.0. The number of fused-ring (bicyclic) bond motifs is 2. The Morgan fingerprint density at radius 3 is 1.73 bits per heavy atom. The number of nitrogens with one attached hydrogen (secondary N) is 1. The first kappa shape index (κ1) is 38.1. The zero-order valence-corrected chi connectivity index (χ0v) is 33.5. The summed E-state index contributed by atoms with van der Waals surface area (Å²) in [5.74, 6) is 0.519. The first-order valence-electron chi connectivity index (χ1n) is 19.7. The van der Waals surface area contributed by atoms with Gasteiger partial charge in [0.2, 0.25) is 0 Å². The Hall–Kier alpha value is -5.24. The highest BCUT2D eigenvalue weighted by Gasteiger charge is 2.29. The Kier molecular flexibility index (Phi) is 10.5. The Labute approximate surface area is 324 Å². The van der Waals surface area contributed by atoms with Crippen LogP contribution in [0.3, 0.4) is 0 Å². The van der Waals surface area contributed by atoms with Crippen molar-refractivity contribution < 1.29 is 19.1 Å². The topological polar surface area (TPSA) is 99.1 Å². The van der Waals surface area contributed by atoms with Gasteiger partial charge in [-0.05, 0) is 152 Å². The number of rotatable bonds is 9. The Balaban J connectivity index is 0.000000170. The van der Waals surface area contributed by atoms with E-state index in [2.05, 4.69) is 77.0 Å². The van der Waals surface area contributed by atoms with E-state index in [-0.39, 0.29) is 11.9 Å². The van der Waals surface area contributed by atoms with E-state index in [1.165, 1.54) is 42.1 Å². The molecule has 55 heavy (non-hydrogen) atoms. The summed E-state index contributed by atoms with van der Waals surface area (Å²) in [7, 11) is 0. The monoisotopic (exact) mass is 738 g/mol. The van der Waals surface area contributed by atoms with Crippen molar-refractivity contribution in [2.24, 2.45) is 0 Å². The summed E-state index contributed by atoms with van der Waals surface area (Å²) < 4.78 is 13.6. The van der Waals surface area contributed by atoms with E-state index in [0.717, 1.165) is 39.0 Å². The Morgan fingerprint density at radius 1 is 0.727 bits per heavy atom. The Bertz CT molecular complexity index is 2340. The Morgan fingerprint density at radius 2 is 1.24 bits per heavy atom. The van der Waals surface area contributed by atoms with E-state index in [1.807, 2.05) is 78.3 Å². The molecule has 0 spiro atoms. The normalized spacial score (nSPS) is 14.6. The number of carbonyl (C=O) groups is 2. The van der Waals surface area contributed by atoms with Gasteiger partial charge in [0.1, 0.15) is 11.2 Å². The number of carbonyl (C=O) groups excluding carboxylic acids is 2. The highest BCUT2D eigenvalue weighted by atomic mass is 16.6. The first-order valence-corrected chi connectivity index (χ1v) is 19.7. The molecular formula is C47H54N4O4. The lowest BCUT2D eigenvalue weighted by Gasteiger charge is -2.21. The van der Waals surface area contributed by atoms with Crippen molar-refractivity contribution in [3.8, 4) is 0 Å². The summed E-state index contributed by atoms with van der Waals surface area (Å²) in [4.78, 5) is 38.4. The molecule has 2 aliphatic carbocycles. The van der Waals surface area contributed by atoms with Crippen molar-refractivity contribution >= 4 is 33.7 Å². The van der Waals surface area contributed by atoms with Gasteiger partial charge in [0.05, 0.1) is 22.5 Å². The number of H-pyrrole nitrogens is 1. The molecule has 0 atom stereocenters. The minimum atomic E-state index is -0.529. The number of pyridine rings is 2. The molecule has 1 N–H and O–H groups in total. The maximum absolute atomic E-state index is 13.0. The van der Waals surface area contributed by atoms with Crippen LogP contribution < -0.4 is 0 Å². The fourth-order valence-corrected chi connectivity index (χ4v) is 7.12. The van der Waals surface area contributed by atoms with E-state index in [9.17, 15) is 9.59 Å². The summed E-state index contributed by atoms with van der Waals surface area (Å²) in [6.07, 6.45) is 13.9. The van der Waals surface area contributed by atoms with Gasteiger partial charge in [-0.3, -0.25) is 9.97 Å². The lowest BCUT2D eigenvalue weighted by atomic mass is 10.00. The molecular weight excluding hydrogens is 685 g/mol. The summed E-state index contributed by atoms with van der Waals surface area (Å²) in [6.45, 7) is 15.7. The van der Waals surface area contributed by atoms with Crippen molar-refractivity contribution in [3.05, 3.63) is 130 Å². The standard InChI is InChI=1S/C25H30N2O2.C22H24N2O2/c1-16(2)27-12-11-20-18(7-6-8-23(20)27)14-22-21(24(28)29-25(3,4)5)13-19(15-26-22)17-9-10-17;1-22(2,3)26-21(25)18-11-16(14-7-8-14)13-24-20(18)12-15-5-4-6-19-17(15)9-10-23-19/h6-8,11-13,15-17H,9-10,14H2,1-5H3;4-6,9-11,13-14,23H,7-8,12H2,1-3H3. The zero-order chi connectivity index (χ0) is 39.1. The molecule has 0 bridgehead atoms. The third-order valence-corrected chi connectivity index (χ3v) is 10.1. The SMILES string of the molecule is CC(C)(C)OC(=O)c1cc(C2CC2)cnc1Cc1cccc2[nH]ccc12.CC(C)n1ccc2c(Cc3ncc(C4CC4)cc3C(=O)OC(C)(C)C)cccc21. The summed E-state index contributed by atoms with van der Waals surface area (Å²) >= 11 is 0. The van der Waals surface area contributed by atoms with Crippen LogP contribution in [0.25, 0.3) is 21.8 Å². The van der Waals surface area contributed by atoms with Gasteiger partial charge in [0.25, 0.3) is 0 Å². The fourth-order valence-electron chi connectivity index (χ4n) is 7.12. The van der Waals surface area contributed by atoms with Crippen molar-refractivity contribution in [2.75, 3.05) is 0 Å². The van der Waals surface area contributed by atoms with Gasteiger partial charge in [-0.25, -0.2) is 9.59 Å². The lowest BCUT2D eigenvalue weighted by Crippen LogP contribution is -2.25. The van der Waals surface area contributed by atoms with Crippen molar-refractivity contribution in [1.82, 2.24) is 19.5 Å². The molecule has 4 aromatic heterocycles. The number of benzene rings is 2. The van der Waals surface area contributed by atoms with Crippen molar-refractivity contribution in [2.45, 2.75) is 123 Å². The van der Waals surface area contributed by atoms with Crippen LogP contribution in [0.4, 0.5) is 0 Å². The second-order valence-electron chi connectivity index (χ2n) is 17.5. The zero-order valence-electron chi connectivity index (χ0n) is 33.5. The van der Waals surface area contributed by atoms with Gasteiger partial charge in [-0.1, -0.05) is 24.3 Å². The van der Waals surface area contributed by atoms with Gasteiger partial charge in [0.15, 0.2) is 0 Å². The number of aromatic amines is 1. The predicted octanol–water partition coefficient (Wildman–Crippen LogP) is 11.0. The number of aromatic nitrogens is 4. The molecule has 0 unspecified atom stereocenters. The van der Waals surface area contributed by atoms with Crippen molar-refractivity contribution in [1.29, 1.82) is 0 Å². The first-order chi connectivity index (χ1) is 26.1. The van der Waals surface area contributed by atoms with Crippen LogP contribution in [-0.2, 0) is 22.3 Å². The lowest BCUT2D eigenvalue weighted by molar-refractivity contribution is 0.00551. The minimum Gasteiger partial charge on any atom is -0.456 e. The predicted molar refractivity (Wildman–Crippen MR) is 219 cm³/mol. The summed E-state index contributed by atoms with van der Waals surface area (Å²) in [5, 5.41) is 2.38. The van der Waals surface area contributed by atoms with Gasteiger partial charge in [0, 0.05) is 65.5 Å². The molecule has 2 fully saturated rings. The van der Waals surface area contributed by atoms with Crippen LogP contribution in [0.2, 0.25) is 0 Å².